The van der Waals surface area contributed by atoms with Crippen LogP contribution >= 0.6 is 11.6 Å². The maximum atomic E-state index is 13.5. The number of nitrogens with zero attached hydrogens (tertiary/aromatic N) is 4. The number of amides is 1. The number of halogens is 4. The molecule has 0 aliphatic carbocycles. The van der Waals surface area contributed by atoms with Gasteiger partial charge in [0.05, 0.1) is 29.4 Å². The first-order valence-electron chi connectivity index (χ1n) is 10.5. The van der Waals surface area contributed by atoms with Gasteiger partial charge in [0.2, 0.25) is 5.91 Å². The molecule has 2 fully saturated rings. The number of carbonyl (C=O) groups excluding carboxylic acids is 1. The number of anilines is 1. The molecular formula is C22H22ClF3N4O2. The molecule has 1 spiro atoms. The maximum Gasteiger partial charge on any atom is 0.431 e. The molecule has 0 saturated carbocycles. The largest absolute Gasteiger partial charge is 0.431 e. The van der Waals surface area contributed by atoms with E-state index in [2.05, 4.69) is 5.10 Å². The van der Waals surface area contributed by atoms with Gasteiger partial charge in [0.25, 0.3) is 0 Å². The molecule has 170 valence electrons. The number of benzene rings is 1. The van der Waals surface area contributed by atoms with Crippen LogP contribution in [0.3, 0.4) is 0 Å². The summed E-state index contributed by atoms with van der Waals surface area (Å²) >= 11 is 6.34. The lowest BCUT2D eigenvalue weighted by atomic mass is 9.77. The number of rotatable bonds is 3. The smallest absolute Gasteiger partial charge is 0.380 e. The van der Waals surface area contributed by atoms with Crippen LogP contribution in [0.1, 0.15) is 12.8 Å². The third kappa shape index (κ3) is 3.88. The van der Waals surface area contributed by atoms with Crippen LogP contribution in [0.2, 0.25) is 5.02 Å². The zero-order valence-electron chi connectivity index (χ0n) is 17.2. The fourth-order valence-electron chi connectivity index (χ4n) is 4.51. The van der Waals surface area contributed by atoms with E-state index >= 15 is 0 Å². The number of likely N-dealkylation sites (tertiary alicyclic amines) is 1. The Labute approximate surface area is 187 Å². The Bertz CT molecular complexity index is 1110. The number of ether oxygens (including phenoxy) is 1. The second-order valence-electron chi connectivity index (χ2n) is 8.65. The minimum absolute atomic E-state index is 0.0253. The van der Waals surface area contributed by atoms with Crippen molar-refractivity contribution in [2.75, 3.05) is 37.7 Å². The van der Waals surface area contributed by atoms with Gasteiger partial charge in [0.1, 0.15) is 12.2 Å². The summed E-state index contributed by atoms with van der Waals surface area (Å²) in [4.78, 5) is 15.7. The van der Waals surface area contributed by atoms with E-state index in [0.29, 0.717) is 24.0 Å². The summed E-state index contributed by atoms with van der Waals surface area (Å²) < 4.78 is 47.3. The second-order valence-corrected chi connectivity index (χ2v) is 9.06. The van der Waals surface area contributed by atoms with Gasteiger partial charge in [-0.1, -0.05) is 23.8 Å². The molecule has 10 heteroatoms. The van der Waals surface area contributed by atoms with Gasteiger partial charge in [-0.15, -0.1) is 0 Å². The Morgan fingerprint density at radius 1 is 1.22 bits per heavy atom. The average Bonchev–Trinajstić information content (AvgIpc) is 3.12. The Morgan fingerprint density at radius 2 is 1.97 bits per heavy atom. The number of allylic oxidation sites excluding steroid dienone is 3. The lowest BCUT2D eigenvalue weighted by molar-refractivity contribution is -0.153. The first-order chi connectivity index (χ1) is 15.2. The van der Waals surface area contributed by atoms with Crippen molar-refractivity contribution in [1.82, 2.24) is 14.7 Å². The van der Waals surface area contributed by atoms with Gasteiger partial charge in [-0.3, -0.25) is 9.48 Å². The van der Waals surface area contributed by atoms with E-state index in [4.69, 9.17) is 16.3 Å². The number of fused-ring (bicyclic) bond motifs is 1. The van der Waals surface area contributed by atoms with Gasteiger partial charge in [-0.25, -0.2) is 0 Å². The molecule has 32 heavy (non-hydrogen) atoms. The molecule has 0 radical (unpaired) electrons. The summed E-state index contributed by atoms with van der Waals surface area (Å²) in [5.74, 6) is -0.0253. The monoisotopic (exact) mass is 466 g/mol. The fraction of sp³-hybridized carbons (Fsp3) is 0.455. The third-order valence-electron chi connectivity index (χ3n) is 6.46. The van der Waals surface area contributed by atoms with Crippen LogP contribution < -0.4 is 4.90 Å². The highest BCUT2D eigenvalue weighted by Crippen LogP contribution is 2.39. The quantitative estimate of drug-likeness (QED) is 0.682. The second kappa shape index (κ2) is 7.81. The Hall–Kier alpha value is -2.52. The van der Waals surface area contributed by atoms with Crippen LogP contribution in [-0.2, 0) is 16.1 Å². The average molecular weight is 467 g/mol. The number of alkyl halides is 3. The Kier molecular flexibility index (Phi) is 5.21. The van der Waals surface area contributed by atoms with Crippen LogP contribution in [0.5, 0.6) is 0 Å². The molecule has 1 amide bonds. The first kappa shape index (κ1) is 21.3. The molecule has 2 aromatic rings. The summed E-state index contributed by atoms with van der Waals surface area (Å²) in [5.41, 5.74) is 0.254. The summed E-state index contributed by atoms with van der Waals surface area (Å²) in [7, 11) is 0. The highest BCUT2D eigenvalue weighted by atomic mass is 35.5. The SMILES string of the molecule is O=C(Cn1cc2cc(N3CC=CC=C3C(F)(F)F)c(Cl)cc2n1)N1CCC2(CC1)COC2. The molecule has 0 bridgehead atoms. The van der Waals surface area contributed by atoms with Crippen molar-refractivity contribution in [3.8, 4) is 0 Å². The van der Waals surface area contributed by atoms with E-state index in [1.165, 1.54) is 10.8 Å². The molecule has 0 N–H and O–H groups in total. The summed E-state index contributed by atoms with van der Waals surface area (Å²) in [5, 5.41) is 5.21. The molecule has 1 aromatic heterocycles. The van der Waals surface area contributed by atoms with Crippen molar-refractivity contribution in [3.05, 3.63) is 47.3 Å². The van der Waals surface area contributed by atoms with Gasteiger partial charge < -0.3 is 14.5 Å². The molecule has 6 nitrogen and oxygen atoms in total. The highest BCUT2D eigenvalue weighted by molar-refractivity contribution is 6.34. The van der Waals surface area contributed by atoms with Crippen molar-refractivity contribution in [3.63, 3.8) is 0 Å². The predicted octanol–water partition coefficient (Wildman–Crippen LogP) is 4.15. The molecule has 0 unspecified atom stereocenters. The van der Waals surface area contributed by atoms with Gasteiger partial charge >= 0.3 is 6.18 Å². The van der Waals surface area contributed by atoms with Crippen LogP contribution in [0.15, 0.2) is 42.3 Å². The van der Waals surface area contributed by atoms with Crippen molar-refractivity contribution in [1.29, 1.82) is 0 Å². The van der Waals surface area contributed by atoms with Crippen molar-refractivity contribution < 1.29 is 22.7 Å². The Morgan fingerprint density at radius 3 is 2.62 bits per heavy atom. The number of hydrogen-bond donors (Lipinski definition) is 0. The first-order valence-corrected chi connectivity index (χ1v) is 10.9. The number of aromatic nitrogens is 2. The lowest BCUT2D eigenvalue weighted by Gasteiger charge is -2.47. The predicted molar refractivity (Wildman–Crippen MR) is 114 cm³/mol. The molecule has 3 aliphatic rings. The van der Waals surface area contributed by atoms with E-state index in [0.717, 1.165) is 37.0 Å². The topological polar surface area (TPSA) is 50.6 Å². The Balaban J connectivity index is 1.34. The maximum absolute atomic E-state index is 13.5. The molecule has 0 atom stereocenters. The molecule has 3 aliphatic heterocycles. The molecule has 5 rings (SSSR count). The number of piperidine rings is 1. The fourth-order valence-corrected chi connectivity index (χ4v) is 4.77. The van der Waals surface area contributed by atoms with Gasteiger partial charge in [-0.05, 0) is 31.1 Å². The van der Waals surface area contributed by atoms with E-state index in [9.17, 15) is 18.0 Å². The van der Waals surface area contributed by atoms with E-state index in [-0.39, 0.29) is 35.1 Å². The summed E-state index contributed by atoms with van der Waals surface area (Å²) in [6, 6.07) is 3.13. The lowest BCUT2D eigenvalue weighted by Crippen LogP contribution is -2.52. The third-order valence-corrected chi connectivity index (χ3v) is 6.76. The molecule has 2 saturated heterocycles. The molecular weight excluding hydrogens is 445 g/mol. The minimum Gasteiger partial charge on any atom is -0.380 e. The van der Waals surface area contributed by atoms with E-state index in [1.807, 2.05) is 4.90 Å². The van der Waals surface area contributed by atoms with E-state index < -0.39 is 11.9 Å². The minimum atomic E-state index is -4.50. The normalized spacial score (nSPS) is 20.6. The standard InChI is InChI=1S/C22H22ClF3N4O2/c23-16-10-17-15(9-18(16)30-6-2-1-3-19(30)22(24,25)26)11-29(27-17)12-20(31)28-7-4-21(5-8-28)13-32-14-21/h1-3,9-11H,4-8,12-14H2. The van der Waals surface area contributed by atoms with Crippen LogP contribution in [-0.4, -0.2) is 59.6 Å². The zero-order valence-corrected chi connectivity index (χ0v) is 18.0. The summed E-state index contributed by atoms with van der Waals surface area (Å²) in [6.07, 6.45) is 3.11. The van der Waals surface area contributed by atoms with Crippen LogP contribution in [0, 0.1) is 5.41 Å². The van der Waals surface area contributed by atoms with Crippen molar-refractivity contribution >= 4 is 34.1 Å². The van der Waals surface area contributed by atoms with Crippen LogP contribution in [0.25, 0.3) is 10.9 Å². The number of hydrogen-bond acceptors (Lipinski definition) is 4. The van der Waals surface area contributed by atoms with Gasteiger partial charge in [0.15, 0.2) is 0 Å². The zero-order chi connectivity index (χ0) is 22.5. The van der Waals surface area contributed by atoms with Crippen LogP contribution in [0.4, 0.5) is 18.9 Å². The van der Waals surface area contributed by atoms with Crippen molar-refractivity contribution in [2.45, 2.75) is 25.6 Å². The highest BCUT2D eigenvalue weighted by Gasteiger charge is 2.42. The van der Waals surface area contributed by atoms with E-state index in [1.54, 1.807) is 24.4 Å². The summed E-state index contributed by atoms with van der Waals surface area (Å²) in [6.45, 7) is 3.10. The van der Waals surface area contributed by atoms with Crippen molar-refractivity contribution in [2.24, 2.45) is 5.41 Å². The molecule has 4 heterocycles. The number of carbonyl (C=O) groups is 1. The van der Waals surface area contributed by atoms with Gasteiger partial charge in [-0.2, -0.15) is 18.3 Å². The van der Waals surface area contributed by atoms with Gasteiger partial charge in [0, 0.05) is 36.6 Å². The molecule has 1 aromatic carbocycles.